The van der Waals surface area contributed by atoms with Crippen LogP contribution in [0.4, 0.5) is 0 Å². The van der Waals surface area contributed by atoms with Crippen LogP contribution < -0.4 is 9.47 Å². The highest BCUT2D eigenvalue weighted by Crippen LogP contribution is 2.49. The molecule has 6 rings (SSSR count). The van der Waals surface area contributed by atoms with Crippen molar-refractivity contribution in [3.8, 4) is 23.0 Å². The number of fused-ring (bicyclic) bond motifs is 6. The Morgan fingerprint density at radius 2 is 1.17 bits per heavy atom. The number of phenols is 2. The van der Waals surface area contributed by atoms with Gasteiger partial charge in [0.2, 0.25) is 0 Å². The number of carbonyl (C=O) groups excluding carboxylic acids is 2. The first-order valence-electron chi connectivity index (χ1n) is 23.4. The molecule has 2 aromatic rings. The lowest BCUT2D eigenvalue weighted by Gasteiger charge is -2.41. The van der Waals surface area contributed by atoms with Gasteiger partial charge in [-0.2, -0.15) is 0 Å². The van der Waals surface area contributed by atoms with E-state index in [1.807, 2.05) is 13.8 Å². The van der Waals surface area contributed by atoms with Gasteiger partial charge in [-0.15, -0.1) is 0 Å². The van der Waals surface area contributed by atoms with Crippen LogP contribution in [0.1, 0.15) is 176 Å². The van der Waals surface area contributed by atoms with Crippen molar-refractivity contribution in [1.82, 2.24) is 9.80 Å². The summed E-state index contributed by atoms with van der Waals surface area (Å²) in [6.07, 6.45) is 14.8. The number of amides is 2. The molecule has 0 aromatic heterocycles. The Labute approximate surface area is 381 Å². The SMILES string of the molecule is CC(C)=CCC/C(C)=C/CC[C@@]1(C)Oc2c(c(O)cc3c2CN(CCC[C@H](N2Cc4c(cc(O)c5c4O[C@](C)(CC/C=C(\C)CCC=C(C)C)[C@@H](O)C5)C2=O)C(C)(C)O)C3=O)C[C@@H]1O. The van der Waals surface area contributed by atoms with Gasteiger partial charge in [-0.05, 0) is 146 Å². The van der Waals surface area contributed by atoms with Crippen molar-refractivity contribution >= 4 is 11.8 Å². The Bertz CT molecular complexity index is 2220. The van der Waals surface area contributed by atoms with E-state index in [4.69, 9.17) is 9.47 Å². The van der Waals surface area contributed by atoms with Crippen LogP contribution in [0.25, 0.3) is 0 Å². The van der Waals surface area contributed by atoms with Crippen molar-refractivity contribution in [2.75, 3.05) is 6.54 Å². The number of carbonyl (C=O) groups is 2. The van der Waals surface area contributed by atoms with E-state index >= 15 is 0 Å². The van der Waals surface area contributed by atoms with E-state index in [0.29, 0.717) is 83.5 Å². The lowest BCUT2D eigenvalue weighted by Crippen LogP contribution is -2.50. The van der Waals surface area contributed by atoms with Crippen LogP contribution in [0.3, 0.4) is 0 Å². The van der Waals surface area contributed by atoms with Gasteiger partial charge in [0, 0.05) is 41.6 Å². The molecule has 2 aromatic carbocycles. The molecule has 4 aliphatic heterocycles. The minimum atomic E-state index is -1.32. The largest absolute Gasteiger partial charge is 0.508 e. The number of hydrogen-bond donors (Lipinski definition) is 5. The third-order valence-corrected chi connectivity index (χ3v) is 14.0. The highest BCUT2D eigenvalue weighted by atomic mass is 16.5. The topological polar surface area (TPSA) is 160 Å². The molecule has 350 valence electrons. The third kappa shape index (κ3) is 10.6. The maximum atomic E-state index is 14.2. The van der Waals surface area contributed by atoms with Gasteiger partial charge in [-0.3, -0.25) is 9.59 Å². The van der Waals surface area contributed by atoms with E-state index in [1.165, 1.54) is 34.4 Å². The van der Waals surface area contributed by atoms with E-state index < -0.39 is 35.1 Å². The van der Waals surface area contributed by atoms with E-state index in [9.17, 15) is 35.1 Å². The first kappa shape index (κ1) is 48.9. The summed E-state index contributed by atoms with van der Waals surface area (Å²) in [7, 11) is 0. The number of aliphatic hydroxyl groups excluding tert-OH is 2. The van der Waals surface area contributed by atoms with Crippen LogP contribution in [-0.2, 0) is 25.9 Å². The summed E-state index contributed by atoms with van der Waals surface area (Å²) < 4.78 is 13.2. The van der Waals surface area contributed by atoms with Crippen LogP contribution in [0.5, 0.6) is 23.0 Å². The van der Waals surface area contributed by atoms with E-state index in [0.717, 1.165) is 32.1 Å². The third-order valence-electron chi connectivity index (χ3n) is 14.0. The maximum absolute atomic E-state index is 14.2. The fraction of sp³-hybridized carbons (Fsp3) is 0.585. The Kier molecular flexibility index (Phi) is 14.9. The molecule has 64 heavy (non-hydrogen) atoms. The standard InChI is InChI=1S/C53H74N2O9/c1-32(2)16-11-18-34(5)20-13-23-52(9)45(58)28-38-42(56)26-36-40(47(38)63-52)30-54(49(36)60)25-15-22-44(51(7,8)62)55-31-41-37(50(55)61)27-43(57)39-29-46(59)53(10,64-48(39)41)24-14-21-35(6)19-12-17-33(3)4/h16-17,20-21,26-27,44-46,56-59,62H,11-15,18-19,22-25,28-31H2,1-10H3/b34-20+,35-21+/t44-,45-,46-,52+,53+/m0/s1. The maximum Gasteiger partial charge on any atom is 0.255 e. The molecule has 0 spiro atoms. The second kappa shape index (κ2) is 19.5. The summed E-state index contributed by atoms with van der Waals surface area (Å²) in [5.41, 5.74) is 4.97. The van der Waals surface area contributed by atoms with Crippen molar-refractivity contribution < 1.29 is 44.6 Å². The van der Waals surface area contributed by atoms with Crippen LogP contribution in [-0.4, -0.2) is 88.7 Å². The number of rotatable bonds is 18. The Hall–Kier alpha value is -4.58. The number of allylic oxidation sites excluding steroid dienone is 8. The molecular formula is C53H74N2O9. The van der Waals surface area contributed by atoms with Crippen LogP contribution >= 0.6 is 0 Å². The zero-order chi connectivity index (χ0) is 46.9. The predicted octanol–water partition coefficient (Wildman–Crippen LogP) is 9.68. The van der Waals surface area contributed by atoms with Crippen molar-refractivity contribution in [1.29, 1.82) is 0 Å². The molecule has 0 saturated carbocycles. The summed E-state index contributed by atoms with van der Waals surface area (Å²) >= 11 is 0. The van der Waals surface area contributed by atoms with Crippen molar-refractivity contribution in [3.63, 3.8) is 0 Å². The average molecular weight is 883 g/mol. The van der Waals surface area contributed by atoms with E-state index in [-0.39, 0.29) is 49.2 Å². The highest BCUT2D eigenvalue weighted by Gasteiger charge is 2.48. The predicted molar refractivity (Wildman–Crippen MR) is 251 cm³/mol. The van der Waals surface area contributed by atoms with E-state index in [2.05, 4.69) is 65.8 Å². The molecule has 5 N–H and O–H groups in total. The second-order valence-corrected chi connectivity index (χ2v) is 20.5. The van der Waals surface area contributed by atoms with Gasteiger partial charge >= 0.3 is 0 Å². The molecule has 0 saturated heterocycles. The molecule has 0 aliphatic carbocycles. The fourth-order valence-electron chi connectivity index (χ4n) is 9.88. The molecule has 2 amide bonds. The fourth-order valence-corrected chi connectivity index (χ4v) is 9.88. The highest BCUT2D eigenvalue weighted by molar-refractivity contribution is 6.01. The lowest BCUT2D eigenvalue weighted by atomic mass is 9.84. The van der Waals surface area contributed by atoms with Gasteiger partial charge in [0.25, 0.3) is 11.8 Å². The van der Waals surface area contributed by atoms with Gasteiger partial charge < -0.3 is 44.8 Å². The van der Waals surface area contributed by atoms with Gasteiger partial charge in [0.1, 0.15) is 34.2 Å². The molecule has 5 atom stereocenters. The summed E-state index contributed by atoms with van der Waals surface area (Å²) in [4.78, 5) is 31.5. The van der Waals surface area contributed by atoms with Gasteiger partial charge in [0.15, 0.2) is 0 Å². The zero-order valence-corrected chi connectivity index (χ0v) is 40.1. The Morgan fingerprint density at radius 1 is 0.719 bits per heavy atom. The smallest absolute Gasteiger partial charge is 0.255 e. The summed E-state index contributed by atoms with van der Waals surface area (Å²) in [5.74, 6) is 0.169. The monoisotopic (exact) mass is 883 g/mol. The van der Waals surface area contributed by atoms with Gasteiger partial charge in [-0.1, -0.05) is 46.6 Å². The molecule has 4 heterocycles. The van der Waals surface area contributed by atoms with Crippen molar-refractivity contribution in [2.24, 2.45) is 0 Å². The number of benzene rings is 2. The minimum absolute atomic E-state index is 0.0704. The van der Waals surface area contributed by atoms with Crippen molar-refractivity contribution in [3.05, 3.63) is 92.1 Å². The quantitative estimate of drug-likeness (QED) is 0.0919. The van der Waals surface area contributed by atoms with E-state index in [1.54, 1.807) is 23.6 Å². The molecule has 11 nitrogen and oxygen atoms in total. The Morgan fingerprint density at radius 3 is 1.62 bits per heavy atom. The molecular weight excluding hydrogens is 809 g/mol. The van der Waals surface area contributed by atoms with Crippen LogP contribution in [0.2, 0.25) is 0 Å². The number of hydrogen-bond acceptors (Lipinski definition) is 9. The second-order valence-electron chi connectivity index (χ2n) is 20.5. The number of aliphatic hydroxyl groups is 3. The van der Waals surface area contributed by atoms with Crippen LogP contribution in [0, 0.1) is 0 Å². The summed E-state index contributed by atoms with van der Waals surface area (Å²) in [6.45, 7) is 20.5. The number of phenolic OH excluding ortho intramolecular Hbond substituents is 2. The molecule has 0 bridgehead atoms. The molecule has 11 heteroatoms. The summed E-state index contributed by atoms with van der Waals surface area (Å²) in [5, 5.41) is 56.4. The van der Waals surface area contributed by atoms with Gasteiger partial charge in [-0.25, -0.2) is 0 Å². The summed E-state index contributed by atoms with van der Waals surface area (Å²) in [6, 6.07) is 2.31. The first-order valence-corrected chi connectivity index (χ1v) is 23.4. The number of nitrogens with zero attached hydrogens (tertiary/aromatic N) is 2. The average Bonchev–Trinajstić information content (AvgIpc) is 3.69. The number of ether oxygens (including phenoxy) is 2. The molecule has 0 unspecified atom stereocenters. The molecule has 4 aliphatic rings. The minimum Gasteiger partial charge on any atom is -0.508 e. The number of aromatic hydroxyl groups is 2. The Balaban J connectivity index is 1.13. The molecule has 0 fully saturated rings. The first-order chi connectivity index (χ1) is 30.0. The van der Waals surface area contributed by atoms with Gasteiger partial charge in [0.05, 0.1) is 48.1 Å². The van der Waals surface area contributed by atoms with Crippen LogP contribution in [0.15, 0.2) is 58.7 Å². The molecule has 0 radical (unpaired) electrons. The van der Waals surface area contributed by atoms with Crippen molar-refractivity contribution in [2.45, 2.75) is 194 Å². The zero-order valence-electron chi connectivity index (χ0n) is 40.1. The lowest BCUT2D eigenvalue weighted by molar-refractivity contribution is -0.0602. The normalized spacial score (nSPS) is 23.5.